The first-order valence-electron chi connectivity index (χ1n) is 5.56. The topological polar surface area (TPSA) is 116 Å². The summed E-state index contributed by atoms with van der Waals surface area (Å²) in [6, 6.07) is 2.89. The molecule has 0 aliphatic carbocycles. The molecule has 0 radical (unpaired) electrons. The molecule has 0 saturated heterocycles. The number of rotatable bonds is 5. The number of hydrogen-bond donors (Lipinski definition) is 2. The van der Waals surface area contributed by atoms with Crippen LogP contribution in [-0.4, -0.2) is 28.1 Å². The van der Waals surface area contributed by atoms with Gasteiger partial charge in [-0.25, -0.2) is 0 Å². The van der Waals surface area contributed by atoms with E-state index < -0.39 is 16.4 Å². The number of carboxylic acid groups (broad SMARTS) is 1. The molecule has 19 heavy (non-hydrogen) atoms. The largest absolute Gasteiger partial charge is 0.491 e. The van der Waals surface area contributed by atoms with Crippen LogP contribution in [0.3, 0.4) is 0 Å². The second-order valence-corrected chi connectivity index (χ2v) is 4.67. The second-order valence-electron chi connectivity index (χ2n) is 4.67. The lowest BCUT2D eigenvalue weighted by Crippen LogP contribution is -2.50. The lowest BCUT2D eigenvalue weighted by Gasteiger charge is -2.20. The number of aliphatic carboxylic acids is 1. The van der Waals surface area contributed by atoms with Gasteiger partial charge in [0, 0.05) is 11.6 Å². The fraction of sp³-hybridized carbons (Fsp3) is 0.417. The van der Waals surface area contributed by atoms with Gasteiger partial charge in [0.25, 0.3) is 5.69 Å². The molecule has 1 aromatic rings. The minimum atomic E-state index is -1.51. The number of ether oxygens (including phenoxy) is 1. The van der Waals surface area contributed by atoms with Crippen molar-refractivity contribution in [3.05, 3.63) is 33.4 Å². The Balaban J connectivity index is 2.95. The number of nitrogens with zero attached hydrogens (tertiary/aromatic N) is 1. The van der Waals surface area contributed by atoms with Gasteiger partial charge >= 0.3 is 5.97 Å². The number of nitro groups is 1. The van der Waals surface area contributed by atoms with Crippen molar-refractivity contribution in [2.45, 2.75) is 26.3 Å². The molecule has 0 amide bonds. The van der Waals surface area contributed by atoms with Crippen molar-refractivity contribution in [1.29, 1.82) is 0 Å². The Bertz CT molecular complexity index is 525. The zero-order valence-electron chi connectivity index (χ0n) is 11.0. The van der Waals surface area contributed by atoms with E-state index >= 15 is 0 Å². The highest BCUT2D eigenvalue weighted by Crippen LogP contribution is 2.28. The van der Waals surface area contributed by atoms with Crippen molar-refractivity contribution in [3.63, 3.8) is 0 Å². The van der Waals surface area contributed by atoms with Crippen molar-refractivity contribution in [2.75, 3.05) is 6.61 Å². The fourth-order valence-electron chi connectivity index (χ4n) is 1.42. The molecule has 0 saturated carbocycles. The number of nitrogens with two attached hydrogens (primary N) is 1. The van der Waals surface area contributed by atoms with Crippen molar-refractivity contribution in [1.82, 2.24) is 0 Å². The molecule has 0 spiro atoms. The number of aryl methyl sites for hydroxylation is 2. The van der Waals surface area contributed by atoms with Gasteiger partial charge in [0.1, 0.15) is 17.9 Å². The SMILES string of the molecule is Cc1cc([N+](=O)[O-])c(C)cc1OCC(C)(N)C(=O)O. The quantitative estimate of drug-likeness (QED) is 0.615. The summed E-state index contributed by atoms with van der Waals surface area (Å²) in [7, 11) is 0. The Kier molecular flexibility index (Phi) is 4.10. The van der Waals surface area contributed by atoms with Gasteiger partial charge in [-0.2, -0.15) is 0 Å². The molecule has 0 aliphatic heterocycles. The number of nitro benzene ring substituents is 1. The predicted molar refractivity (Wildman–Crippen MR) is 68.3 cm³/mol. The first kappa shape index (κ1) is 14.9. The van der Waals surface area contributed by atoms with Gasteiger partial charge < -0.3 is 15.6 Å². The van der Waals surface area contributed by atoms with Crippen molar-refractivity contribution in [2.24, 2.45) is 5.73 Å². The van der Waals surface area contributed by atoms with Gasteiger partial charge in [-0.3, -0.25) is 14.9 Å². The molecule has 1 unspecified atom stereocenters. The van der Waals surface area contributed by atoms with Gasteiger partial charge in [0.2, 0.25) is 0 Å². The van der Waals surface area contributed by atoms with Gasteiger partial charge in [-0.1, -0.05) is 0 Å². The molecule has 3 N–H and O–H groups in total. The van der Waals surface area contributed by atoms with Crippen LogP contribution in [0.1, 0.15) is 18.1 Å². The summed E-state index contributed by atoms with van der Waals surface area (Å²) in [6.45, 7) is 4.35. The van der Waals surface area contributed by atoms with Gasteiger partial charge in [0.15, 0.2) is 0 Å². The van der Waals surface area contributed by atoms with E-state index in [1.807, 2.05) is 0 Å². The van der Waals surface area contributed by atoms with Crippen LogP contribution < -0.4 is 10.5 Å². The summed E-state index contributed by atoms with van der Waals surface area (Å²) in [6.07, 6.45) is 0. The number of carbonyl (C=O) groups is 1. The Morgan fingerprint density at radius 3 is 2.53 bits per heavy atom. The van der Waals surface area contributed by atoms with Gasteiger partial charge in [0.05, 0.1) is 4.92 Å². The predicted octanol–water partition coefficient (Wildman–Crippen LogP) is 1.39. The summed E-state index contributed by atoms with van der Waals surface area (Å²) in [4.78, 5) is 21.1. The summed E-state index contributed by atoms with van der Waals surface area (Å²) in [5, 5.41) is 19.6. The summed E-state index contributed by atoms with van der Waals surface area (Å²) in [5.41, 5.74) is 5.03. The maximum atomic E-state index is 10.8. The van der Waals surface area contributed by atoms with Gasteiger partial charge in [-0.05, 0) is 32.4 Å². The molecular weight excluding hydrogens is 252 g/mol. The maximum absolute atomic E-state index is 10.8. The standard InChI is InChI=1S/C12H16N2O5/c1-7-5-10(8(2)4-9(7)14(17)18)19-6-12(3,13)11(15)16/h4-5H,6,13H2,1-3H3,(H,15,16). The van der Waals surface area contributed by atoms with Crippen LogP contribution in [0.4, 0.5) is 5.69 Å². The minimum Gasteiger partial charge on any atom is -0.491 e. The average molecular weight is 268 g/mol. The molecule has 0 bridgehead atoms. The molecule has 1 aromatic carbocycles. The maximum Gasteiger partial charge on any atom is 0.326 e. The Morgan fingerprint density at radius 2 is 2.05 bits per heavy atom. The molecule has 1 rings (SSSR count). The summed E-state index contributed by atoms with van der Waals surface area (Å²) in [5.74, 6) is -0.787. The first-order valence-corrected chi connectivity index (χ1v) is 5.56. The zero-order chi connectivity index (χ0) is 14.8. The Morgan fingerprint density at radius 1 is 1.47 bits per heavy atom. The van der Waals surface area contributed by atoms with Crippen molar-refractivity contribution < 1.29 is 19.6 Å². The van der Waals surface area contributed by atoms with Crippen molar-refractivity contribution >= 4 is 11.7 Å². The fourth-order valence-corrected chi connectivity index (χ4v) is 1.42. The third-order valence-electron chi connectivity index (χ3n) is 2.71. The van der Waals surface area contributed by atoms with E-state index in [2.05, 4.69) is 0 Å². The number of hydrogen-bond acceptors (Lipinski definition) is 5. The van der Waals surface area contributed by atoms with E-state index in [0.717, 1.165) is 0 Å². The van der Waals surface area contributed by atoms with Crippen LogP contribution in [-0.2, 0) is 4.79 Å². The van der Waals surface area contributed by atoms with E-state index in [1.54, 1.807) is 13.8 Å². The zero-order valence-corrected chi connectivity index (χ0v) is 11.0. The molecule has 0 fully saturated rings. The van der Waals surface area contributed by atoms with Crippen LogP contribution in [0, 0.1) is 24.0 Å². The summed E-state index contributed by atoms with van der Waals surface area (Å²) < 4.78 is 5.35. The van der Waals surface area contributed by atoms with E-state index in [0.29, 0.717) is 16.9 Å². The lowest BCUT2D eigenvalue weighted by atomic mass is 10.1. The normalized spacial score (nSPS) is 13.7. The Labute approximate surface area is 110 Å². The lowest BCUT2D eigenvalue weighted by molar-refractivity contribution is -0.385. The van der Waals surface area contributed by atoms with Crippen LogP contribution in [0.2, 0.25) is 0 Å². The highest BCUT2D eigenvalue weighted by Gasteiger charge is 2.29. The van der Waals surface area contributed by atoms with Gasteiger partial charge in [-0.15, -0.1) is 0 Å². The molecule has 7 nitrogen and oxygen atoms in total. The third kappa shape index (κ3) is 3.41. The molecule has 7 heteroatoms. The van der Waals surface area contributed by atoms with Crippen LogP contribution in [0.15, 0.2) is 12.1 Å². The molecule has 0 aliphatic rings. The molecule has 0 heterocycles. The third-order valence-corrected chi connectivity index (χ3v) is 2.71. The number of carboxylic acids is 1. The second kappa shape index (κ2) is 5.23. The molecule has 104 valence electrons. The average Bonchev–Trinajstić information content (AvgIpc) is 2.29. The smallest absolute Gasteiger partial charge is 0.326 e. The van der Waals surface area contributed by atoms with E-state index in [9.17, 15) is 14.9 Å². The van der Waals surface area contributed by atoms with E-state index in [1.165, 1.54) is 19.1 Å². The highest BCUT2D eigenvalue weighted by atomic mass is 16.6. The summed E-state index contributed by atoms with van der Waals surface area (Å²) >= 11 is 0. The first-order chi connectivity index (χ1) is 8.65. The van der Waals surface area contributed by atoms with Crippen LogP contribution >= 0.6 is 0 Å². The monoisotopic (exact) mass is 268 g/mol. The van der Waals surface area contributed by atoms with Crippen molar-refractivity contribution in [3.8, 4) is 5.75 Å². The molecular formula is C12H16N2O5. The minimum absolute atomic E-state index is 0.00130. The highest BCUT2D eigenvalue weighted by molar-refractivity contribution is 5.78. The Hall–Kier alpha value is -2.15. The number of benzene rings is 1. The van der Waals surface area contributed by atoms with Crippen LogP contribution in [0.25, 0.3) is 0 Å². The van der Waals surface area contributed by atoms with Crippen LogP contribution in [0.5, 0.6) is 5.75 Å². The molecule has 0 aromatic heterocycles. The van der Waals surface area contributed by atoms with E-state index in [4.69, 9.17) is 15.6 Å². The van der Waals surface area contributed by atoms with E-state index in [-0.39, 0.29) is 12.3 Å². The molecule has 1 atom stereocenters.